The third-order valence-electron chi connectivity index (χ3n) is 8.56. The van der Waals surface area contributed by atoms with Gasteiger partial charge in [0, 0.05) is 31.5 Å². The Hall–Kier alpha value is -3.56. The zero-order valence-corrected chi connectivity index (χ0v) is 27.0. The molecule has 0 radical (unpaired) electrons. The first kappa shape index (κ1) is 32.8. The Morgan fingerprint density at radius 1 is 0.956 bits per heavy atom. The van der Waals surface area contributed by atoms with Gasteiger partial charge in [0.2, 0.25) is 5.91 Å². The van der Waals surface area contributed by atoms with Gasteiger partial charge in [-0.15, -0.1) is 0 Å². The number of nitrogens with one attached hydrogen (secondary N) is 1. The second-order valence-corrected chi connectivity index (χ2v) is 13.2. The average molecular weight is 615 g/mol. The third kappa shape index (κ3) is 8.38. The Balaban J connectivity index is 1.38. The molecule has 5 atom stereocenters. The summed E-state index contributed by atoms with van der Waals surface area (Å²) in [6.45, 7) is 11.2. The van der Waals surface area contributed by atoms with Gasteiger partial charge in [0.25, 0.3) is 0 Å². The number of likely N-dealkylation sites (tertiary alicyclic amines) is 1. The minimum absolute atomic E-state index is 0.00624. The molecule has 0 spiro atoms. The van der Waals surface area contributed by atoms with Gasteiger partial charge in [-0.25, -0.2) is 0 Å². The Kier molecular flexibility index (Phi) is 10.4. The van der Waals surface area contributed by atoms with E-state index < -0.39 is 11.9 Å². The molecule has 2 heterocycles. The van der Waals surface area contributed by atoms with Gasteiger partial charge in [-0.3, -0.25) is 14.5 Å². The number of hydrogen-bond donors (Lipinski definition) is 2. The van der Waals surface area contributed by atoms with Crippen LogP contribution >= 0.6 is 0 Å². The highest BCUT2D eigenvalue weighted by molar-refractivity contribution is 5.76. The van der Waals surface area contributed by atoms with Crippen molar-refractivity contribution < 1.29 is 28.9 Å². The summed E-state index contributed by atoms with van der Waals surface area (Å²) in [5, 5.41) is 12.4. The lowest BCUT2D eigenvalue weighted by molar-refractivity contribution is -0.276. The van der Waals surface area contributed by atoms with E-state index in [1.807, 2.05) is 69.3 Å². The number of aliphatic hydroxyl groups is 1. The van der Waals surface area contributed by atoms with Crippen LogP contribution in [0.3, 0.4) is 0 Å². The first-order valence-corrected chi connectivity index (χ1v) is 15.9. The fourth-order valence-electron chi connectivity index (χ4n) is 6.16. The molecule has 0 unspecified atom stereocenters. The molecule has 2 saturated heterocycles. The molecular weight excluding hydrogens is 568 g/mol. The Morgan fingerprint density at radius 3 is 2.33 bits per heavy atom. The summed E-state index contributed by atoms with van der Waals surface area (Å²) in [5.41, 5.74) is 5.39. The van der Waals surface area contributed by atoms with E-state index in [1.54, 1.807) is 0 Å². The number of esters is 1. The monoisotopic (exact) mass is 614 g/mol. The maximum atomic E-state index is 13.1. The van der Waals surface area contributed by atoms with E-state index in [0.717, 1.165) is 52.8 Å². The van der Waals surface area contributed by atoms with Crippen LogP contribution in [0.15, 0.2) is 72.8 Å². The van der Waals surface area contributed by atoms with Crippen LogP contribution in [0.5, 0.6) is 0 Å². The summed E-state index contributed by atoms with van der Waals surface area (Å²) >= 11 is 0. The topological polar surface area (TPSA) is 97.3 Å². The molecule has 0 aliphatic carbocycles. The molecule has 2 aliphatic rings. The smallest absolute Gasteiger partial charge is 0.323 e. The van der Waals surface area contributed by atoms with Crippen LogP contribution in [0.25, 0.3) is 11.1 Å². The molecule has 0 bridgehead atoms. The van der Waals surface area contributed by atoms with Crippen molar-refractivity contribution >= 4 is 11.9 Å². The molecule has 1 amide bonds. The van der Waals surface area contributed by atoms with Crippen LogP contribution in [-0.4, -0.2) is 52.7 Å². The van der Waals surface area contributed by atoms with Gasteiger partial charge in [0.05, 0.1) is 18.8 Å². The molecule has 45 heavy (non-hydrogen) atoms. The number of aliphatic hydroxyl groups excluding tert-OH is 1. The van der Waals surface area contributed by atoms with Crippen LogP contribution in [0.1, 0.15) is 82.1 Å². The minimum Gasteiger partial charge on any atom is -0.459 e. The van der Waals surface area contributed by atoms with Gasteiger partial charge in [-0.05, 0) is 74.0 Å². The lowest BCUT2D eigenvalue weighted by Crippen LogP contribution is -2.48. The van der Waals surface area contributed by atoms with E-state index >= 15 is 0 Å². The molecule has 5 rings (SSSR count). The highest BCUT2D eigenvalue weighted by atomic mass is 16.7. The number of benzene rings is 3. The SMILES string of the molecule is CC(=O)NCc1cccc(-c2ccc([C@@H]3O[C@H](CN4CCC[C@H]4C(=O)OC(C)(C)C)[C@H](C)[C@H](c4ccc(CO)cc4)O3)cc2)c1. The van der Waals surface area contributed by atoms with Gasteiger partial charge in [0.1, 0.15) is 11.6 Å². The number of ether oxygens (including phenoxy) is 3. The molecule has 3 aromatic rings. The van der Waals surface area contributed by atoms with Gasteiger partial charge < -0.3 is 24.6 Å². The van der Waals surface area contributed by atoms with Crippen LogP contribution in [0, 0.1) is 5.92 Å². The summed E-state index contributed by atoms with van der Waals surface area (Å²) in [6.07, 6.45) is 0.671. The molecule has 240 valence electrons. The van der Waals surface area contributed by atoms with E-state index in [2.05, 4.69) is 41.4 Å². The Bertz CT molecular complexity index is 1450. The van der Waals surface area contributed by atoms with Crippen molar-refractivity contribution in [1.82, 2.24) is 10.2 Å². The fraction of sp³-hybridized carbons (Fsp3) is 0.459. The highest BCUT2D eigenvalue weighted by Gasteiger charge is 2.42. The normalized spacial score (nSPS) is 23.9. The van der Waals surface area contributed by atoms with Crippen molar-refractivity contribution in [3.05, 3.63) is 95.1 Å². The van der Waals surface area contributed by atoms with E-state index in [1.165, 1.54) is 6.92 Å². The molecule has 0 aromatic heterocycles. The second kappa shape index (κ2) is 14.3. The maximum absolute atomic E-state index is 13.1. The van der Waals surface area contributed by atoms with Crippen LogP contribution in [0.2, 0.25) is 0 Å². The number of carbonyl (C=O) groups is 2. The minimum atomic E-state index is -0.601. The molecule has 8 heteroatoms. The molecule has 8 nitrogen and oxygen atoms in total. The van der Waals surface area contributed by atoms with Crippen LogP contribution < -0.4 is 5.32 Å². The Labute approximate surface area is 266 Å². The van der Waals surface area contributed by atoms with Crippen molar-refractivity contribution in [3.8, 4) is 11.1 Å². The largest absolute Gasteiger partial charge is 0.459 e. The number of hydrogen-bond acceptors (Lipinski definition) is 7. The number of nitrogens with zero attached hydrogens (tertiary/aromatic N) is 1. The lowest BCUT2D eigenvalue weighted by Gasteiger charge is -2.43. The zero-order valence-electron chi connectivity index (χ0n) is 27.0. The van der Waals surface area contributed by atoms with Crippen molar-refractivity contribution in [3.63, 3.8) is 0 Å². The number of amides is 1. The predicted octanol–water partition coefficient (Wildman–Crippen LogP) is 6.08. The molecule has 3 aromatic carbocycles. The summed E-state index contributed by atoms with van der Waals surface area (Å²) in [7, 11) is 0. The Morgan fingerprint density at radius 2 is 1.67 bits per heavy atom. The summed E-state index contributed by atoms with van der Waals surface area (Å²) < 4.78 is 19.1. The van der Waals surface area contributed by atoms with Gasteiger partial charge in [-0.2, -0.15) is 0 Å². The maximum Gasteiger partial charge on any atom is 0.323 e. The van der Waals surface area contributed by atoms with Gasteiger partial charge >= 0.3 is 5.97 Å². The lowest BCUT2D eigenvalue weighted by atomic mass is 9.89. The molecule has 2 fully saturated rings. The molecular formula is C37H46N2O6. The molecule has 0 saturated carbocycles. The zero-order chi connectivity index (χ0) is 32.1. The van der Waals surface area contributed by atoms with Crippen molar-refractivity contribution in [2.75, 3.05) is 13.1 Å². The summed E-state index contributed by atoms with van der Waals surface area (Å²) in [4.78, 5) is 26.7. The fourth-order valence-corrected chi connectivity index (χ4v) is 6.16. The van der Waals surface area contributed by atoms with E-state index in [-0.39, 0.29) is 42.7 Å². The van der Waals surface area contributed by atoms with Gasteiger partial charge in [0.15, 0.2) is 6.29 Å². The number of rotatable bonds is 9. The highest BCUT2D eigenvalue weighted by Crippen LogP contribution is 2.42. The van der Waals surface area contributed by atoms with Crippen molar-refractivity contribution in [2.45, 2.75) is 90.8 Å². The quantitative estimate of drug-likeness (QED) is 0.282. The first-order valence-electron chi connectivity index (χ1n) is 15.9. The van der Waals surface area contributed by atoms with Crippen molar-refractivity contribution in [2.24, 2.45) is 5.92 Å². The van der Waals surface area contributed by atoms with E-state index in [0.29, 0.717) is 13.1 Å². The predicted molar refractivity (Wildman–Crippen MR) is 173 cm³/mol. The van der Waals surface area contributed by atoms with Crippen molar-refractivity contribution in [1.29, 1.82) is 0 Å². The summed E-state index contributed by atoms with van der Waals surface area (Å²) in [5.74, 6) is -0.228. The molecule has 2 aliphatic heterocycles. The first-order chi connectivity index (χ1) is 21.5. The molecule has 2 N–H and O–H groups in total. The van der Waals surface area contributed by atoms with Crippen LogP contribution in [-0.2, 0) is 37.0 Å². The number of carbonyl (C=O) groups excluding carboxylic acids is 2. The summed E-state index contributed by atoms with van der Waals surface area (Å²) in [6, 6.07) is 24.0. The second-order valence-electron chi connectivity index (χ2n) is 13.2. The average Bonchev–Trinajstić information content (AvgIpc) is 3.49. The third-order valence-corrected chi connectivity index (χ3v) is 8.56. The standard InChI is InChI=1S/C37H46N2O6/c1-24-33(22-39-19-7-10-32(39)35(42)45-37(3,4)5)43-36(44-34(24)29-13-11-26(23-40)12-14-29)30-17-15-28(16-18-30)31-9-6-8-27(20-31)21-38-25(2)41/h6,8-9,11-18,20,24,32-34,36,40H,7,10,19,21-23H2,1-5H3,(H,38,41)/t24-,32-,33+,34+,36+/m0/s1. The van der Waals surface area contributed by atoms with E-state index in [4.69, 9.17) is 14.2 Å². The van der Waals surface area contributed by atoms with Gasteiger partial charge in [-0.1, -0.05) is 73.7 Å². The van der Waals surface area contributed by atoms with Crippen LogP contribution in [0.4, 0.5) is 0 Å². The van der Waals surface area contributed by atoms with E-state index in [9.17, 15) is 14.7 Å².